The van der Waals surface area contributed by atoms with Gasteiger partial charge in [-0.3, -0.25) is 9.03 Å². The highest BCUT2D eigenvalue weighted by Crippen LogP contribution is 2.34. The number of hydrogen-bond donors (Lipinski definition) is 1. The maximum absolute atomic E-state index is 12.6. The van der Waals surface area contributed by atoms with Crippen LogP contribution in [0.5, 0.6) is 0 Å². The van der Waals surface area contributed by atoms with Crippen LogP contribution in [0.25, 0.3) is 0 Å². The first-order valence-electron chi connectivity index (χ1n) is 8.27. The third kappa shape index (κ3) is 4.02. The minimum Gasteiger partial charge on any atom is -0.280 e. The second kappa shape index (κ2) is 6.59. The molecule has 0 bridgehead atoms. The molecule has 0 aromatic heterocycles. The molecule has 1 saturated carbocycles. The van der Waals surface area contributed by atoms with Crippen molar-refractivity contribution in [3.8, 4) is 0 Å². The fraction of sp³-hybridized carbons (Fsp3) is 0.333. The van der Waals surface area contributed by atoms with Crippen LogP contribution in [0.15, 0.2) is 47.4 Å². The van der Waals surface area contributed by atoms with Gasteiger partial charge in [0.2, 0.25) is 10.0 Å². The van der Waals surface area contributed by atoms with E-state index in [2.05, 4.69) is 4.72 Å². The number of benzene rings is 2. The molecular formula is C18H22N2O4S2. The van der Waals surface area contributed by atoms with Crippen LogP contribution in [0.2, 0.25) is 0 Å². The predicted molar refractivity (Wildman–Crippen MR) is 104 cm³/mol. The molecule has 0 saturated heterocycles. The number of sulfonamides is 2. The monoisotopic (exact) mass is 394 g/mol. The van der Waals surface area contributed by atoms with Crippen molar-refractivity contribution in [2.24, 2.45) is 0 Å². The van der Waals surface area contributed by atoms with Crippen molar-refractivity contribution >= 4 is 31.4 Å². The van der Waals surface area contributed by atoms with Crippen molar-refractivity contribution in [3.05, 3.63) is 53.6 Å². The van der Waals surface area contributed by atoms with Crippen LogP contribution in [-0.2, 0) is 20.0 Å². The van der Waals surface area contributed by atoms with Gasteiger partial charge in [-0.25, -0.2) is 16.8 Å². The predicted octanol–water partition coefficient (Wildman–Crippen LogP) is 3.03. The van der Waals surface area contributed by atoms with Crippen LogP contribution >= 0.6 is 0 Å². The molecule has 0 heterocycles. The van der Waals surface area contributed by atoms with Crippen LogP contribution in [0.3, 0.4) is 0 Å². The van der Waals surface area contributed by atoms with Gasteiger partial charge in [-0.2, -0.15) is 0 Å². The minimum absolute atomic E-state index is 0.00255. The Bertz CT molecular complexity index is 1030. The summed E-state index contributed by atoms with van der Waals surface area (Å²) in [4.78, 5) is 0.225. The molecule has 26 heavy (non-hydrogen) atoms. The van der Waals surface area contributed by atoms with E-state index in [1.165, 1.54) is 10.6 Å². The van der Waals surface area contributed by atoms with Crippen LogP contribution in [-0.4, -0.2) is 29.1 Å². The lowest BCUT2D eigenvalue weighted by atomic mass is 10.2. The van der Waals surface area contributed by atoms with E-state index < -0.39 is 20.0 Å². The molecule has 0 amide bonds. The molecule has 0 atom stereocenters. The molecule has 2 aromatic rings. The Morgan fingerprint density at radius 1 is 0.962 bits per heavy atom. The highest BCUT2D eigenvalue weighted by Gasteiger charge is 2.35. The number of hydrogen-bond acceptors (Lipinski definition) is 4. The van der Waals surface area contributed by atoms with Gasteiger partial charge in [-0.15, -0.1) is 0 Å². The quantitative estimate of drug-likeness (QED) is 0.816. The van der Waals surface area contributed by atoms with Crippen molar-refractivity contribution in [1.82, 2.24) is 0 Å². The summed E-state index contributed by atoms with van der Waals surface area (Å²) in [6, 6.07) is 11.6. The Labute approximate surface area is 155 Å². The van der Waals surface area contributed by atoms with E-state index >= 15 is 0 Å². The van der Waals surface area contributed by atoms with E-state index in [4.69, 9.17) is 0 Å². The zero-order valence-electron chi connectivity index (χ0n) is 14.9. The number of rotatable bonds is 6. The van der Waals surface area contributed by atoms with Crippen LogP contribution in [0, 0.1) is 13.8 Å². The summed E-state index contributed by atoms with van der Waals surface area (Å²) in [5.74, 6) is 0. The van der Waals surface area contributed by atoms with Crippen molar-refractivity contribution in [2.75, 3.05) is 15.3 Å². The highest BCUT2D eigenvalue weighted by atomic mass is 32.2. The largest absolute Gasteiger partial charge is 0.280 e. The summed E-state index contributed by atoms with van der Waals surface area (Å²) in [7, 11) is -7.07. The van der Waals surface area contributed by atoms with Crippen LogP contribution in [0.1, 0.15) is 24.0 Å². The third-order valence-electron chi connectivity index (χ3n) is 4.23. The highest BCUT2D eigenvalue weighted by molar-refractivity contribution is 7.92. The molecule has 0 unspecified atom stereocenters. The topological polar surface area (TPSA) is 83.6 Å². The molecule has 140 valence electrons. The summed E-state index contributed by atoms with van der Waals surface area (Å²) in [5, 5.41) is 0. The summed E-state index contributed by atoms with van der Waals surface area (Å²) in [6.07, 6.45) is 2.87. The maximum atomic E-state index is 12.6. The Kier molecular flexibility index (Phi) is 4.74. The fourth-order valence-corrected chi connectivity index (χ4v) is 5.51. The summed E-state index contributed by atoms with van der Waals surface area (Å²) in [6.45, 7) is 3.66. The van der Waals surface area contributed by atoms with Crippen molar-refractivity contribution in [1.29, 1.82) is 0 Å². The SMILES string of the molecule is Cc1ccc(S(=O)(=O)Nc2ccc(N(C3CC3)S(C)(=O)=O)cc2)c(C)c1. The van der Waals surface area contributed by atoms with Gasteiger partial charge in [0.25, 0.3) is 10.0 Å². The van der Waals surface area contributed by atoms with Gasteiger partial charge in [0.05, 0.1) is 16.8 Å². The lowest BCUT2D eigenvalue weighted by Gasteiger charge is -2.22. The van der Waals surface area contributed by atoms with E-state index in [1.54, 1.807) is 43.3 Å². The van der Waals surface area contributed by atoms with Crippen molar-refractivity contribution in [2.45, 2.75) is 37.6 Å². The van der Waals surface area contributed by atoms with E-state index in [0.29, 0.717) is 16.9 Å². The molecule has 1 N–H and O–H groups in total. The molecule has 2 aromatic carbocycles. The lowest BCUT2D eigenvalue weighted by Crippen LogP contribution is -2.31. The minimum atomic E-state index is -3.71. The maximum Gasteiger partial charge on any atom is 0.262 e. The first kappa shape index (κ1) is 18.7. The van der Waals surface area contributed by atoms with Gasteiger partial charge >= 0.3 is 0 Å². The number of anilines is 2. The molecule has 1 fully saturated rings. The molecule has 1 aliphatic carbocycles. The van der Waals surface area contributed by atoms with Gasteiger partial charge in [0.1, 0.15) is 0 Å². The van der Waals surface area contributed by atoms with Gasteiger partial charge in [-0.05, 0) is 62.6 Å². The zero-order chi connectivity index (χ0) is 19.1. The van der Waals surface area contributed by atoms with E-state index in [0.717, 1.165) is 18.4 Å². The molecule has 0 aliphatic heterocycles. The lowest BCUT2D eigenvalue weighted by molar-refractivity contribution is 0.595. The Morgan fingerprint density at radius 2 is 1.58 bits per heavy atom. The molecule has 0 spiro atoms. The second-order valence-electron chi connectivity index (χ2n) is 6.71. The van der Waals surface area contributed by atoms with Crippen LogP contribution in [0.4, 0.5) is 11.4 Å². The smallest absolute Gasteiger partial charge is 0.262 e. The second-order valence-corrected chi connectivity index (χ2v) is 10.2. The summed E-state index contributed by atoms with van der Waals surface area (Å²) in [5.41, 5.74) is 2.60. The standard InChI is InChI=1S/C18H22N2O4S2/c1-13-4-11-18(14(2)12-13)26(23,24)19-15-5-7-16(8-6-15)20(17-9-10-17)25(3,21)22/h4-8,11-12,17,19H,9-10H2,1-3H3. The molecule has 8 heteroatoms. The third-order valence-corrected chi connectivity index (χ3v) is 6.99. The average Bonchev–Trinajstić information content (AvgIpc) is 3.31. The van der Waals surface area contributed by atoms with Crippen molar-refractivity contribution in [3.63, 3.8) is 0 Å². The van der Waals surface area contributed by atoms with E-state index in [-0.39, 0.29) is 10.9 Å². The van der Waals surface area contributed by atoms with Gasteiger partial charge < -0.3 is 0 Å². The van der Waals surface area contributed by atoms with Crippen LogP contribution < -0.4 is 9.03 Å². The molecule has 3 rings (SSSR count). The summed E-state index contributed by atoms with van der Waals surface area (Å²) >= 11 is 0. The van der Waals surface area contributed by atoms with Gasteiger partial charge in [-0.1, -0.05) is 17.7 Å². The van der Waals surface area contributed by atoms with E-state index in [9.17, 15) is 16.8 Å². The first-order valence-corrected chi connectivity index (χ1v) is 11.6. The Morgan fingerprint density at radius 3 is 2.08 bits per heavy atom. The zero-order valence-corrected chi connectivity index (χ0v) is 16.6. The molecule has 1 aliphatic rings. The molecular weight excluding hydrogens is 372 g/mol. The molecule has 0 radical (unpaired) electrons. The van der Waals surface area contributed by atoms with E-state index in [1.807, 2.05) is 13.0 Å². The average molecular weight is 395 g/mol. The van der Waals surface area contributed by atoms with Gasteiger partial charge in [0.15, 0.2) is 0 Å². The molecule has 6 nitrogen and oxygen atoms in total. The first-order chi connectivity index (χ1) is 12.1. The van der Waals surface area contributed by atoms with Gasteiger partial charge in [0, 0.05) is 11.7 Å². The Hall–Kier alpha value is -2.06. The fourth-order valence-electron chi connectivity index (χ4n) is 2.97. The normalized spacial score (nSPS) is 14.9. The Balaban J connectivity index is 1.85. The number of nitrogens with one attached hydrogen (secondary N) is 1. The number of nitrogens with zero attached hydrogens (tertiary/aromatic N) is 1. The number of aryl methyl sites for hydroxylation is 2. The van der Waals surface area contributed by atoms with Crippen molar-refractivity contribution < 1.29 is 16.8 Å². The summed E-state index contributed by atoms with van der Waals surface area (Å²) < 4.78 is 53.2.